The van der Waals surface area contributed by atoms with Gasteiger partial charge in [0.15, 0.2) is 5.82 Å². The van der Waals surface area contributed by atoms with Crippen molar-refractivity contribution in [3.05, 3.63) is 198 Å². The molecule has 0 saturated heterocycles. The molecule has 236 valence electrons. The lowest BCUT2D eigenvalue weighted by atomic mass is 9.67. The molecule has 0 unspecified atom stereocenters. The first-order chi connectivity index (χ1) is 24.8. The van der Waals surface area contributed by atoms with E-state index in [1.807, 2.05) is 24.3 Å². The number of fused-ring (bicyclic) bond motifs is 8. The number of aromatic nitrogens is 2. The summed E-state index contributed by atoms with van der Waals surface area (Å²) in [5.74, 6) is 2.45. The van der Waals surface area contributed by atoms with Gasteiger partial charge in [0, 0.05) is 45.6 Å². The number of hydrogen-bond acceptors (Lipinski definition) is 4. The number of dihydropyridines is 1. The highest BCUT2D eigenvalue weighted by atomic mass is 16.5. The molecule has 0 radical (unpaired) electrons. The zero-order valence-corrected chi connectivity index (χ0v) is 27.2. The van der Waals surface area contributed by atoms with Crippen LogP contribution in [0.2, 0.25) is 0 Å². The normalized spacial score (nSPS) is 14.6. The van der Waals surface area contributed by atoms with E-state index in [4.69, 9.17) is 14.7 Å². The number of para-hydroxylation sites is 2. The Kier molecular flexibility index (Phi) is 6.43. The number of rotatable bonds is 4. The number of ether oxygens (including phenoxy) is 1. The summed E-state index contributed by atoms with van der Waals surface area (Å²) in [6.07, 6.45) is 4.48. The molecule has 6 aromatic carbocycles. The summed E-state index contributed by atoms with van der Waals surface area (Å²) in [5, 5.41) is 3.82. The van der Waals surface area contributed by atoms with Gasteiger partial charge in [-0.1, -0.05) is 146 Å². The predicted molar refractivity (Wildman–Crippen MR) is 201 cm³/mol. The number of allylic oxidation sites excluding steroid dienone is 3. The predicted octanol–water partition coefficient (Wildman–Crippen LogP) is 10.5. The van der Waals surface area contributed by atoms with Crippen LogP contribution < -0.4 is 10.1 Å². The van der Waals surface area contributed by atoms with Gasteiger partial charge >= 0.3 is 0 Å². The lowest BCUT2D eigenvalue weighted by Crippen LogP contribution is -2.39. The number of nitrogens with one attached hydrogen (secondary N) is 1. The van der Waals surface area contributed by atoms with Crippen molar-refractivity contribution in [2.45, 2.75) is 5.41 Å². The van der Waals surface area contributed by atoms with Crippen LogP contribution in [0, 0.1) is 0 Å². The average molecular weight is 642 g/mol. The Morgan fingerprint density at radius 2 is 1.06 bits per heavy atom. The maximum absolute atomic E-state index is 6.55. The van der Waals surface area contributed by atoms with E-state index in [1.54, 1.807) is 0 Å². The molecule has 1 aliphatic carbocycles. The fraction of sp³-hybridized carbons (Fsp3) is 0.0435. The summed E-state index contributed by atoms with van der Waals surface area (Å²) in [5.41, 5.74) is 13.7. The Hall–Kier alpha value is -6.52. The summed E-state index contributed by atoms with van der Waals surface area (Å²) in [6.45, 7) is 0.769. The van der Waals surface area contributed by atoms with Crippen LogP contribution in [0.3, 0.4) is 0 Å². The second-order valence-corrected chi connectivity index (χ2v) is 12.9. The van der Waals surface area contributed by atoms with Crippen molar-refractivity contribution in [2.75, 3.05) is 6.54 Å². The summed E-state index contributed by atoms with van der Waals surface area (Å²) in [4.78, 5) is 10.3. The van der Waals surface area contributed by atoms with Gasteiger partial charge < -0.3 is 10.1 Å². The zero-order chi connectivity index (χ0) is 33.1. The van der Waals surface area contributed by atoms with E-state index in [1.165, 1.54) is 33.5 Å². The maximum atomic E-state index is 6.55. The molecule has 7 aromatic rings. The number of benzene rings is 6. The molecular weight excluding hydrogens is 611 g/mol. The van der Waals surface area contributed by atoms with Crippen molar-refractivity contribution in [1.82, 2.24) is 15.3 Å². The van der Waals surface area contributed by atoms with Crippen LogP contribution in [-0.4, -0.2) is 16.5 Å². The smallest absolute Gasteiger partial charge is 0.160 e. The monoisotopic (exact) mass is 641 g/mol. The molecule has 0 amide bonds. The minimum absolute atomic E-state index is 0.567. The maximum Gasteiger partial charge on any atom is 0.160 e. The molecule has 10 rings (SSSR count). The Labute approximate surface area is 291 Å². The van der Waals surface area contributed by atoms with Gasteiger partial charge in [0.1, 0.15) is 11.5 Å². The second-order valence-electron chi connectivity index (χ2n) is 12.9. The van der Waals surface area contributed by atoms with Crippen LogP contribution in [0.25, 0.3) is 50.6 Å². The van der Waals surface area contributed by atoms with E-state index in [9.17, 15) is 0 Å². The molecule has 2 aliphatic heterocycles. The molecule has 1 N–H and O–H groups in total. The second kappa shape index (κ2) is 11.3. The zero-order valence-electron chi connectivity index (χ0n) is 27.2. The van der Waals surface area contributed by atoms with Crippen molar-refractivity contribution >= 4 is 5.57 Å². The molecule has 4 nitrogen and oxygen atoms in total. The third kappa shape index (κ3) is 4.32. The summed E-state index contributed by atoms with van der Waals surface area (Å²) in [6, 6.07) is 55.3. The van der Waals surface area contributed by atoms with Crippen LogP contribution in [0.4, 0.5) is 0 Å². The van der Waals surface area contributed by atoms with Crippen molar-refractivity contribution in [3.63, 3.8) is 0 Å². The van der Waals surface area contributed by atoms with Crippen LogP contribution in [-0.2, 0) is 5.41 Å². The quantitative estimate of drug-likeness (QED) is 0.208. The number of hydrogen-bond donors (Lipinski definition) is 1. The SMILES string of the molecule is C1=CC2=C(NC1)C1(c3ccccc3Oc3ccccc31)c1cc(-c3cc(-c4ccc(-c5ccccc5)cc4)nc(-c4ccccc4)n3)ccc12. The first kappa shape index (κ1) is 28.5. The standard InChI is InChI=1S/C46H31N3O/c1-3-12-30(13-4-1)31-21-23-32(24-22-31)40-29-41(49-45(48-40)33-14-5-2-6-15-33)34-25-26-35-36-16-11-27-47-44(36)46(39(35)28-34)37-17-7-9-19-42(37)50-43-20-10-8-18-38(43)46/h1-26,28-29,47H,27H2. The third-order valence-corrected chi connectivity index (χ3v) is 10.2. The molecule has 4 heteroatoms. The molecule has 0 bridgehead atoms. The van der Waals surface area contributed by atoms with Gasteiger partial charge in [-0.25, -0.2) is 9.97 Å². The van der Waals surface area contributed by atoms with Crippen molar-refractivity contribution in [1.29, 1.82) is 0 Å². The van der Waals surface area contributed by atoms with Gasteiger partial charge in [0.25, 0.3) is 0 Å². The topological polar surface area (TPSA) is 47.0 Å². The van der Waals surface area contributed by atoms with E-state index in [-0.39, 0.29) is 0 Å². The van der Waals surface area contributed by atoms with Gasteiger partial charge in [0.2, 0.25) is 0 Å². The van der Waals surface area contributed by atoms with E-state index in [0.29, 0.717) is 5.82 Å². The Morgan fingerprint density at radius 3 is 1.76 bits per heavy atom. The van der Waals surface area contributed by atoms with Crippen molar-refractivity contribution < 1.29 is 4.74 Å². The molecule has 50 heavy (non-hydrogen) atoms. The minimum atomic E-state index is -0.567. The molecule has 0 atom stereocenters. The lowest BCUT2D eigenvalue weighted by molar-refractivity contribution is 0.429. The summed E-state index contributed by atoms with van der Waals surface area (Å²) >= 11 is 0. The molecule has 1 aromatic heterocycles. The van der Waals surface area contributed by atoms with Crippen LogP contribution in [0.15, 0.2) is 176 Å². The fourth-order valence-corrected chi connectivity index (χ4v) is 7.94. The largest absolute Gasteiger partial charge is 0.457 e. The fourth-order valence-electron chi connectivity index (χ4n) is 7.94. The highest BCUT2D eigenvalue weighted by Gasteiger charge is 2.52. The van der Waals surface area contributed by atoms with E-state index >= 15 is 0 Å². The molecular formula is C46H31N3O. The van der Waals surface area contributed by atoms with Crippen LogP contribution in [0.1, 0.15) is 22.3 Å². The van der Waals surface area contributed by atoms with Gasteiger partial charge in [-0.3, -0.25) is 0 Å². The van der Waals surface area contributed by atoms with E-state index in [2.05, 4.69) is 151 Å². The van der Waals surface area contributed by atoms with Gasteiger partial charge in [0.05, 0.1) is 16.8 Å². The lowest BCUT2D eigenvalue weighted by Gasteiger charge is -2.41. The summed E-state index contributed by atoms with van der Waals surface area (Å²) in [7, 11) is 0. The van der Waals surface area contributed by atoms with Crippen molar-refractivity contribution in [3.8, 4) is 56.5 Å². The molecule has 0 saturated carbocycles. The number of nitrogens with zero attached hydrogens (tertiary/aromatic N) is 2. The summed E-state index contributed by atoms with van der Waals surface area (Å²) < 4.78 is 6.55. The Balaban J connectivity index is 1.18. The first-order valence-electron chi connectivity index (χ1n) is 17.0. The van der Waals surface area contributed by atoms with Gasteiger partial charge in [-0.15, -0.1) is 0 Å². The Bertz CT molecular complexity index is 2450. The average Bonchev–Trinajstić information content (AvgIpc) is 3.48. The van der Waals surface area contributed by atoms with Crippen LogP contribution >= 0.6 is 0 Å². The van der Waals surface area contributed by atoms with Crippen LogP contribution in [0.5, 0.6) is 11.5 Å². The third-order valence-electron chi connectivity index (χ3n) is 10.2. The molecule has 3 aliphatic rings. The highest BCUT2D eigenvalue weighted by Crippen LogP contribution is 2.61. The van der Waals surface area contributed by atoms with E-state index < -0.39 is 5.41 Å². The molecule has 1 spiro atoms. The highest BCUT2D eigenvalue weighted by molar-refractivity contribution is 5.93. The first-order valence-corrected chi connectivity index (χ1v) is 17.0. The minimum Gasteiger partial charge on any atom is -0.457 e. The molecule has 0 fully saturated rings. The van der Waals surface area contributed by atoms with Gasteiger partial charge in [-0.2, -0.15) is 0 Å². The van der Waals surface area contributed by atoms with Gasteiger partial charge in [-0.05, 0) is 46.5 Å². The van der Waals surface area contributed by atoms with E-state index in [0.717, 1.165) is 57.2 Å². The van der Waals surface area contributed by atoms with Crippen molar-refractivity contribution in [2.24, 2.45) is 0 Å². The Morgan fingerprint density at radius 1 is 0.500 bits per heavy atom. The molecule has 3 heterocycles.